The highest BCUT2D eigenvalue weighted by molar-refractivity contribution is 5.98. The van der Waals surface area contributed by atoms with Crippen LogP contribution >= 0.6 is 0 Å². The number of carbonyl (C=O) groups excluding carboxylic acids is 4. The van der Waals surface area contributed by atoms with Crippen LogP contribution in [0.25, 0.3) is 23.3 Å². The van der Waals surface area contributed by atoms with E-state index < -0.39 is 75.0 Å². The van der Waals surface area contributed by atoms with Crippen LogP contribution in [0.15, 0.2) is 133 Å². The molecule has 0 aliphatic heterocycles. The zero-order valence-electron chi connectivity index (χ0n) is 42.5. The quantitative estimate of drug-likeness (QED) is 0.0139. The molecule has 80 heavy (non-hydrogen) atoms. The minimum Gasteiger partial charge on any atom is -0.493 e. The number of allylic oxidation sites excluding steroid dienone is 2. The molecule has 0 spiro atoms. The number of hydrogen-bond donors (Lipinski definition) is 2. The zero-order valence-corrected chi connectivity index (χ0v) is 42.5. The number of benzene rings is 6. The Morgan fingerprint density at radius 1 is 0.463 bits per heavy atom. The van der Waals surface area contributed by atoms with E-state index in [1.807, 2.05) is 0 Å². The van der Waals surface area contributed by atoms with E-state index in [1.165, 1.54) is 87.0 Å². The molecule has 6 aromatic rings. The number of rotatable bonds is 25. The second kappa shape index (κ2) is 26.2. The van der Waals surface area contributed by atoms with Crippen molar-refractivity contribution in [2.75, 3.05) is 38.9 Å². The molecule has 6 aromatic carbocycles. The van der Waals surface area contributed by atoms with Crippen LogP contribution in [-0.2, 0) is 22.4 Å². The summed E-state index contributed by atoms with van der Waals surface area (Å²) in [6, 6.07) is 30.1. The molecule has 12 nitrogen and oxygen atoms in total. The summed E-state index contributed by atoms with van der Waals surface area (Å²) in [6.07, 6.45) is -9.83. The molecule has 6 rings (SSSR count). The number of ether oxygens (including phenoxy) is 6. The van der Waals surface area contributed by atoms with E-state index >= 15 is 0 Å². The molecule has 422 valence electrons. The van der Waals surface area contributed by atoms with E-state index in [2.05, 4.69) is 0 Å². The molecule has 0 radical (unpaired) electrons. The lowest BCUT2D eigenvalue weighted by Crippen LogP contribution is -2.36. The predicted molar refractivity (Wildman–Crippen MR) is 276 cm³/mol. The number of halogens is 10. The molecule has 0 atom stereocenters. The minimum absolute atomic E-state index is 0.00935. The number of carbonyl (C=O) groups is 4. The first-order valence-electron chi connectivity index (χ1n) is 24.1. The number of anilines is 2. The molecule has 4 N–H and O–H groups in total. The maximum atomic E-state index is 13.4. The number of methoxy groups -OCH3 is 2. The first-order valence-corrected chi connectivity index (χ1v) is 24.1. The summed E-state index contributed by atoms with van der Waals surface area (Å²) in [5.41, 5.74) is 16.7. The monoisotopic (exact) mass is 1120 g/mol. The van der Waals surface area contributed by atoms with Crippen LogP contribution in [0.3, 0.4) is 0 Å². The van der Waals surface area contributed by atoms with Gasteiger partial charge in [0.1, 0.15) is 11.5 Å². The summed E-state index contributed by atoms with van der Waals surface area (Å²) in [4.78, 5) is 52.7. The molecular weight excluding hydrogens is 1070 g/mol. The molecule has 0 saturated heterocycles. The van der Waals surface area contributed by atoms with Crippen LogP contribution < -0.4 is 39.9 Å². The lowest BCUT2D eigenvalue weighted by Gasteiger charge is -2.19. The first kappa shape index (κ1) is 60.4. The normalized spacial score (nSPS) is 12.1. The Labute approximate surface area is 451 Å². The van der Waals surface area contributed by atoms with Crippen molar-refractivity contribution in [2.24, 2.45) is 0 Å². The summed E-state index contributed by atoms with van der Waals surface area (Å²) >= 11 is 0. The van der Waals surface area contributed by atoms with E-state index in [0.29, 0.717) is 44.8 Å². The number of hydrogen-bond acceptors (Lipinski definition) is 12. The SMILES string of the molecule is COc1cc(C(=O)Oc2ccc(/C=C/C(=O)Cc3cc(N)ccc3-c3ccc(N)cc3CC(=O)/C=C/c3ccc(OC(=O)c4ccc(OCCCC(F)(F)C(F)(F)F)c(OC)c4)cc3)cc2)ccc1OCCCC(F)(F)C(F)(F)F. The van der Waals surface area contributed by atoms with Crippen LogP contribution in [0.1, 0.15) is 68.7 Å². The third kappa shape index (κ3) is 16.6. The van der Waals surface area contributed by atoms with Gasteiger partial charge in [0.15, 0.2) is 34.6 Å². The van der Waals surface area contributed by atoms with Gasteiger partial charge in [-0.3, -0.25) is 9.59 Å². The van der Waals surface area contributed by atoms with Crippen LogP contribution in [0, 0.1) is 0 Å². The highest BCUT2D eigenvalue weighted by Gasteiger charge is 2.57. The van der Waals surface area contributed by atoms with E-state index in [1.54, 1.807) is 72.8 Å². The summed E-state index contributed by atoms with van der Waals surface area (Å²) in [6.45, 7) is -0.950. The fraction of sp³-hybridized carbons (Fsp3) is 0.241. The Bertz CT molecular complexity index is 3020. The molecule has 0 bridgehead atoms. The average Bonchev–Trinajstić information content (AvgIpc) is 3.44. The van der Waals surface area contributed by atoms with Gasteiger partial charge in [-0.2, -0.15) is 43.9 Å². The molecule has 0 heterocycles. The van der Waals surface area contributed by atoms with Crippen molar-refractivity contribution in [3.05, 3.63) is 167 Å². The van der Waals surface area contributed by atoms with Gasteiger partial charge in [0.2, 0.25) is 0 Å². The first-order chi connectivity index (χ1) is 37.7. The lowest BCUT2D eigenvalue weighted by atomic mass is 9.90. The molecule has 0 aliphatic rings. The highest BCUT2D eigenvalue weighted by atomic mass is 19.4. The maximum Gasteiger partial charge on any atom is 0.453 e. The lowest BCUT2D eigenvalue weighted by molar-refractivity contribution is -0.284. The topological polar surface area (TPSA) is 176 Å². The van der Waals surface area contributed by atoms with Crippen molar-refractivity contribution in [3.8, 4) is 45.6 Å². The Kier molecular flexibility index (Phi) is 19.8. The Hall–Kier alpha value is -8.82. The maximum absolute atomic E-state index is 13.4. The molecule has 0 amide bonds. The van der Waals surface area contributed by atoms with E-state index in [4.69, 9.17) is 39.9 Å². The molecular formula is C58H50F10N2O10. The van der Waals surface area contributed by atoms with Gasteiger partial charge < -0.3 is 39.9 Å². The smallest absolute Gasteiger partial charge is 0.453 e. The van der Waals surface area contributed by atoms with Gasteiger partial charge in [-0.25, -0.2) is 9.59 Å². The molecule has 0 saturated carbocycles. The summed E-state index contributed by atoms with van der Waals surface area (Å²) in [5, 5.41) is 0. The van der Waals surface area contributed by atoms with Crippen LogP contribution in [0.4, 0.5) is 55.3 Å². The molecule has 22 heteroatoms. The van der Waals surface area contributed by atoms with Gasteiger partial charge in [-0.15, -0.1) is 0 Å². The van der Waals surface area contributed by atoms with Crippen molar-refractivity contribution in [2.45, 2.75) is 62.7 Å². The van der Waals surface area contributed by atoms with Crippen molar-refractivity contribution < 1.29 is 91.5 Å². The third-order valence-electron chi connectivity index (χ3n) is 11.8. The van der Waals surface area contributed by atoms with Gasteiger partial charge in [0.05, 0.1) is 38.6 Å². The molecule has 0 fully saturated rings. The number of esters is 2. The number of nitrogen functional groups attached to an aromatic ring is 2. The van der Waals surface area contributed by atoms with Crippen molar-refractivity contribution in [3.63, 3.8) is 0 Å². The van der Waals surface area contributed by atoms with Crippen LogP contribution in [0.5, 0.6) is 34.5 Å². The summed E-state index contributed by atoms with van der Waals surface area (Å²) in [7, 11) is 2.49. The Balaban J connectivity index is 1.02. The van der Waals surface area contributed by atoms with Gasteiger partial charge in [0, 0.05) is 37.1 Å². The standard InChI is InChI=1S/C58H50F10N2O10/c1-75-51-33-37(11-23-49(51)77-27-3-25-55(59,60)57(63,64)65)53(73)79-45-17-7-35(8-18-45)5-15-43(71)31-39-29-41(69)13-21-47(39)48-22-14-42(70)30-40(48)32-44(72)16-6-36-9-19-46(20-10-36)80-54(74)38-12-24-50(52(34-38)76-2)78-28-4-26-56(61,62)58(66,67)68/h5-24,29-30,33-34H,3-4,25-28,31-32,69-70H2,1-2H3/b15-5+,16-6+. The number of nitrogens with two attached hydrogens (primary N) is 2. The number of ketones is 2. The highest BCUT2D eigenvalue weighted by Crippen LogP contribution is 2.41. The largest absolute Gasteiger partial charge is 0.493 e. The van der Waals surface area contributed by atoms with Crippen molar-refractivity contribution >= 4 is 47.0 Å². The fourth-order valence-electron chi connectivity index (χ4n) is 7.61. The predicted octanol–water partition coefficient (Wildman–Crippen LogP) is 13.3. The van der Waals surface area contributed by atoms with Gasteiger partial charge >= 0.3 is 36.1 Å². The Morgan fingerprint density at radius 3 is 1.16 bits per heavy atom. The van der Waals surface area contributed by atoms with E-state index in [9.17, 15) is 63.1 Å². The van der Waals surface area contributed by atoms with Crippen LogP contribution in [0.2, 0.25) is 0 Å². The molecule has 0 aliphatic carbocycles. The second-order valence-electron chi connectivity index (χ2n) is 17.7. The summed E-state index contributed by atoms with van der Waals surface area (Å²) < 4.78 is 160. The summed E-state index contributed by atoms with van der Waals surface area (Å²) in [5.74, 6) is -11.6. The van der Waals surface area contributed by atoms with Gasteiger partial charge in [0.25, 0.3) is 0 Å². The van der Waals surface area contributed by atoms with E-state index in [-0.39, 0.29) is 70.0 Å². The number of alkyl halides is 10. The van der Waals surface area contributed by atoms with E-state index in [0.717, 1.165) is 0 Å². The molecule has 0 aromatic heterocycles. The molecule has 0 unspecified atom stereocenters. The average molecular weight is 1130 g/mol. The Morgan fingerprint density at radius 2 is 0.825 bits per heavy atom. The minimum atomic E-state index is -5.68. The van der Waals surface area contributed by atoms with Crippen LogP contribution in [-0.4, -0.2) is 75.1 Å². The van der Waals surface area contributed by atoms with Crippen molar-refractivity contribution in [1.29, 1.82) is 0 Å². The van der Waals surface area contributed by atoms with Gasteiger partial charge in [-0.1, -0.05) is 48.6 Å². The van der Waals surface area contributed by atoms with Crippen molar-refractivity contribution in [1.82, 2.24) is 0 Å². The second-order valence-corrected chi connectivity index (χ2v) is 17.7. The zero-order chi connectivity index (χ0) is 58.4. The fourth-order valence-corrected chi connectivity index (χ4v) is 7.61. The third-order valence-corrected chi connectivity index (χ3v) is 11.8. The van der Waals surface area contributed by atoms with Gasteiger partial charge in [-0.05, 0) is 143 Å².